The number of carbonyl (C=O) groups is 1. The van der Waals surface area contributed by atoms with E-state index in [1.165, 1.54) is 0 Å². The van der Waals surface area contributed by atoms with E-state index in [9.17, 15) is 4.79 Å². The summed E-state index contributed by atoms with van der Waals surface area (Å²) in [5.41, 5.74) is 7.30. The molecule has 0 aliphatic heterocycles. The van der Waals surface area contributed by atoms with Crippen molar-refractivity contribution in [2.75, 3.05) is 0 Å². The molecule has 0 bridgehead atoms. The van der Waals surface area contributed by atoms with E-state index in [2.05, 4.69) is 4.98 Å². The van der Waals surface area contributed by atoms with Gasteiger partial charge in [-0.2, -0.15) is 0 Å². The molecule has 3 heteroatoms. The molecule has 0 aliphatic rings. The molecule has 1 rings (SSSR count). The van der Waals surface area contributed by atoms with Crippen molar-refractivity contribution in [3.8, 4) is 0 Å². The average molecular weight is 178 g/mol. The summed E-state index contributed by atoms with van der Waals surface area (Å²) < 4.78 is 0. The fourth-order valence-electron chi connectivity index (χ4n) is 1.45. The summed E-state index contributed by atoms with van der Waals surface area (Å²) in [7, 11) is 0. The van der Waals surface area contributed by atoms with Gasteiger partial charge < -0.3 is 5.73 Å². The Labute approximate surface area is 78.0 Å². The maximum absolute atomic E-state index is 11.1. The Morgan fingerprint density at radius 3 is 2.85 bits per heavy atom. The van der Waals surface area contributed by atoms with Gasteiger partial charge in [0, 0.05) is 12.4 Å². The Hall–Kier alpha value is -1.38. The Morgan fingerprint density at radius 1 is 1.69 bits per heavy atom. The molecule has 0 saturated carbocycles. The van der Waals surface area contributed by atoms with Crippen molar-refractivity contribution >= 4 is 5.91 Å². The molecule has 70 valence electrons. The lowest BCUT2D eigenvalue weighted by Gasteiger charge is -2.12. The van der Waals surface area contributed by atoms with Gasteiger partial charge in [0.2, 0.25) is 5.91 Å². The Kier molecular flexibility index (Phi) is 3.01. The number of nitrogens with zero attached hydrogens (tertiary/aromatic N) is 1. The quantitative estimate of drug-likeness (QED) is 0.760. The van der Waals surface area contributed by atoms with Gasteiger partial charge in [-0.15, -0.1) is 0 Å². The van der Waals surface area contributed by atoms with Crippen molar-refractivity contribution in [1.29, 1.82) is 0 Å². The maximum atomic E-state index is 11.1. The van der Waals surface area contributed by atoms with Crippen LogP contribution in [0.4, 0.5) is 0 Å². The van der Waals surface area contributed by atoms with Gasteiger partial charge in [-0.3, -0.25) is 9.78 Å². The number of carbonyl (C=O) groups excluding carboxylic acids is 1. The number of hydrogen-bond acceptors (Lipinski definition) is 2. The van der Waals surface area contributed by atoms with E-state index < -0.39 is 0 Å². The third-order valence-electron chi connectivity index (χ3n) is 2.19. The average Bonchev–Trinajstić information content (AvgIpc) is 2.09. The zero-order chi connectivity index (χ0) is 9.84. The molecule has 2 N–H and O–H groups in total. The molecular formula is C10H14N2O. The molecule has 3 nitrogen and oxygen atoms in total. The first-order valence-corrected chi connectivity index (χ1v) is 4.36. The first kappa shape index (κ1) is 9.71. The summed E-state index contributed by atoms with van der Waals surface area (Å²) >= 11 is 0. The Morgan fingerprint density at radius 2 is 2.38 bits per heavy atom. The molecule has 1 aromatic rings. The number of aryl methyl sites for hydroxylation is 1. The van der Waals surface area contributed by atoms with Gasteiger partial charge >= 0.3 is 0 Å². The fourth-order valence-corrected chi connectivity index (χ4v) is 1.45. The second-order valence-corrected chi connectivity index (χ2v) is 3.10. The number of nitrogens with two attached hydrogens (primary N) is 1. The Balaban J connectivity index is 3.04. The standard InChI is InChI=1S/C10H14N2O/c1-3-8(10(11)13)9-4-5-12-6-7(9)2/h4-6,8H,3H2,1-2H3,(H2,11,13). The van der Waals surface area contributed by atoms with Crippen LogP contribution < -0.4 is 5.73 Å². The predicted octanol–water partition coefficient (Wildman–Crippen LogP) is 1.37. The molecule has 0 fully saturated rings. The SMILES string of the molecule is CCC(C(N)=O)c1ccncc1C. The van der Waals surface area contributed by atoms with Gasteiger partial charge in [0.25, 0.3) is 0 Å². The van der Waals surface area contributed by atoms with Crippen LogP contribution in [0.25, 0.3) is 0 Å². The maximum Gasteiger partial charge on any atom is 0.224 e. The summed E-state index contributed by atoms with van der Waals surface area (Å²) in [5, 5.41) is 0. The summed E-state index contributed by atoms with van der Waals surface area (Å²) in [4.78, 5) is 15.1. The molecular weight excluding hydrogens is 164 g/mol. The number of primary amides is 1. The monoisotopic (exact) mass is 178 g/mol. The molecule has 1 amide bonds. The van der Waals surface area contributed by atoms with Crippen LogP contribution in [0.15, 0.2) is 18.5 Å². The number of hydrogen-bond donors (Lipinski definition) is 1. The van der Waals surface area contributed by atoms with Crippen molar-refractivity contribution in [3.63, 3.8) is 0 Å². The minimum absolute atomic E-state index is 0.178. The predicted molar refractivity (Wildman–Crippen MR) is 51.2 cm³/mol. The van der Waals surface area contributed by atoms with Crippen molar-refractivity contribution in [2.45, 2.75) is 26.2 Å². The van der Waals surface area contributed by atoms with E-state index in [0.29, 0.717) is 0 Å². The molecule has 0 aromatic carbocycles. The molecule has 0 saturated heterocycles. The van der Waals surface area contributed by atoms with E-state index in [4.69, 9.17) is 5.73 Å². The van der Waals surface area contributed by atoms with Crippen LogP contribution in [-0.2, 0) is 4.79 Å². The zero-order valence-corrected chi connectivity index (χ0v) is 7.95. The first-order valence-electron chi connectivity index (χ1n) is 4.36. The largest absolute Gasteiger partial charge is 0.369 e. The van der Waals surface area contributed by atoms with E-state index in [-0.39, 0.29) is 11.8 Å². The molecule has 1 heterocycles. The third kappa shape index (κ3) is 2.05. The van der Waals surface area contributed by atoms with Gasteiger partial charge in [0.15, 0.2) is 0 Å². The third-order valence-corrected chi connectivity index (χ3v) is 2.19. The van der Waals surface area contributed by atoms with Crippen molar-refractivity contribution < 1.29 is 4.79 Å². The Bertz CT molecular complexity index is 310. The van der Waals surface area contributed by atoms with Crippen LogP contribution in [-0.4, -0.2) is 10.9 Å². The summed E-state index contributed by atoms with van der Waals surface area (Å²) in [5.74, 6) is -0.445. The number of rotatable bonds is 3. The summed E-state index contributed by atoms with van der Waals surface area (Å²) in [6, 6.07) is 1.86. The smallest absolute Gasteiger partial charge is 0.224 e. The highest BCUT2D eigenvalue weighted by Gasteiger charge is 2.16. The number of pyridine rings is 1. The van der Waals surface area contributed by atoms with Gasteiger partial charge in [0.1, 0.15) is 0 Å². The lowest BCUT2D eigenvalue weighted by atomic mass is 9.93. The van der Waals surface area contributed by atoms with Crippen LogP contribution in [0.2, 0.25) is 0 Å². The van der Waals surface area contributed by atoms with E-state index >= 15 is 0 Å². The van der Waals surface area contributed by atoms with Gasteiger partial charge in [-0.05, 0) is 30.5 Å². The first-order chi connectivity index (χ1) is 6.16. The van der Waals surface area contributed by atoms with Crippen molar-refractivity contribution in [3.05, 3.63) is 29.6 Å². The van der Waals surface area contributed by atoms with E-state index in [1.54, 1.807) is 12.4 Å². The lowest BCUT2D eigenvalue weighted by molar-refractivity contribution is -0.119. The number of amides is 1. The van der Waals surface area contributed by atoms with Crippen LogP contribution in [0, 0.1) is 6.92 Å². The minimum atomic E-state index is -0.267. The minimum Gasteiger partial charge on any atom is -0.369 e. The normalized spacial score (nSPS) is 12.5. The molecule has 0 spiro atoms. The van der Waals surface area contributed by atoms with E-state index in [0.717, 1.165) is 17.5 Å². The van der Waals surface area contributed by atoms with Crippen LogP contribution in [0.3, 0.4) is 0 Å². The lowest BCUT2D eigenvalue weighted by Crippen LogP contribution is -2.21. The molecule has 1 atom stereocenters. The zero-order valence-electron chi connectivity index (χ0n) is 7.95. The second kappa shape index (κ2) is 4.03. The molecule has 13 heavy (non-hydrogen) atoms. The number of aromatic nitrogens is 1. The van der Waals surface area contributed by atoms with E-state index in [1.807, 2.05) is 19.9 Å². The summed E-state index contributed by atoms with van der Waals surface area (Å²) in [6.45, 7) is 3.89. The fraction of sp³-hybridized carbons (Fsp3) is 0.400. The van der Waals surface area contributed by atoms with Gasteiger partial charge in [0.05, 0.1) is 5.92 Å². The van der Waals surface area contributed by atoms with Crippen molar-refractivity contribution in [1.82, 2.24) is 4.98 Å². The summed E-state index contributed by atoms with van der Waals surface area (Å²) in [6.07, 6.45) is 4.18. The molecule has 0 aliphatic carbocycles. The van der Waals surface area contributed by atoms with Gasteiger partial charge in [-0.1, -0.05) is 6.92 Å². The van der Waals surface area contributed by atoms with Crippen LogP contribution in [0.1, 0.15) is 30.4 Å². The molecule has 1 aromatic heterocycles. The molecule has 1 unspecified atom stereocenters. The second-order valence-electron chi connectivity index (χ2n) is 3.10. The topological polar surface area (TPSA) is 56.0 Å². The highest BCUT2D eigenvalue weighted by Crippen LogP contribution is 2.21. The van der Waals surface area contributed by atoms with Crippen LogP contribution >= 0.6 is 0 Å². The van der Waals surface area contributed by atoms with Gasteiger partial charge in [-0.25, -0.2) is 0 Å². The van der Waals surface area contributed by atoms with Crippen molar-refractivity contribution in [2.24, 2.45) is 5.73 Å². The molecule has 0 radical (unpaired) electrons. The highest BCUT2D eigenvalue weighted by atomic mass is 16.1. The van der Waals surface area contributed by atoms with Crippen LogP contribution in [0.5, 0.6) is 0 Å². The highest BCUT2D eigenvalue weighted by molar-refractivity contribution is 5.82.